The molecular formula is C10H24N4. The summed E-state index contributed by atoms with van der Waals surface area (Å²) in [5, 5.41) is 3.15. The molecule has 84 valence electrons. The summed E-state index contributed by atoms with van der Waals surface area (Å²) in [5.74, 6) is 6.02. The molecule has 0 bridgehead atoms. The summed E-state index contributed by atoms with van der Waals surface area (Å²) < 4.78 is 0. The molecule has 0 aromatic heterocycles. The molecule has 0 fully saturated rings. The fourth-order valence-corrected chi connectivity index (χ4v) is 0.777. The van der Waals surface area contributed by atoms with Crippen LogP contribution in [0.5, 0.6) is 0 Å². The van der Waals surface area contributed by atoms with E-state index in [-0.39, 0.29) is 11.5 Å². The Kier molecular flexibility index (Phi) is 4.91. The smallest absolute Gasteiger partial charge is 0.206 e. The minimum absolute atomic E-state index is 0.154. The summed E-state index contributed by atoms with van der Waals surface area (Å²) in [6.45, 7) is 12.7. The average Bonchev–Trinajstić information content (AvgIpc) is 2.00. The van der Waals surface area contributed by atoms with Crippen LogP contribution >= 0.6 is 0 Å². The van der Waals surface area contributed by atoms with Crippen LogP contribution in [0.2, 0.25) is 0 Å². The monoisotopic (exact) mass is 200 g/mol. The third-order valence-corrected chi connectivity index (χ3v) is 2.14. The summed E-state index contributed by atoms with van der Waals surface area (Å²) in [6, 6.07) is 0.553. The van der Waals surface area contributed by atoms with Crippen LogP contribution in [-0.2, 0) is 0 Å². The Morgan fingerprint density at radius 2 is 1.71 bits per heavy atom. The highest BCUT2D eigenvalue weighted by Gasteiger charge is 2.19. The van der Waals surface area contributed by atoms with Crippen molar-refractivity contribution in [2.24, 2.45) is 16.3 Å². The molecule has 0 aliphatic heterocycles. The standard InChI is InChI=1S/C10H24N4/c1-7(2)12-9(14-11)13-8(3)10(4,5)6/h7-8H,11H2,1-6H3,(H2,12,13,14). The number of nitrogens with two attached hydrogens (primary N) is 1. The molecule has 4 nitrogen and oxygen atoms in total. The highest BCUT2D eigenvalue weighted by Crippen LogP contribution is 2.21. The molecule has 0 heterocycles. The van der Waals surface area contributed by atoms with Gasteiger partial charge in [-0.05, 0) is 26.2 Å². The van der Waals surface area contributed by atoms with Gasteiger partial charge in [-0.3, -0.25) is 5.43 Å². The van der Waals surface area contributed by atoms with Crippen LogP contribution in [0.25, 0.3) is 0 Å². The van der Waals surface area contributed by atoms with Gasteiger partial charge in [0.1, 0.15) is 0 Å². The molecule has 0 aliphatic carbocycles. The highest BCUT2D eigenvalue weighted by atomic mass is 15.3. The second kappa shape index (κ2) is 5.20. The van der Waals surface area contributed by atoms with E-state index in [0.717, 1.165) is 0 Å². The second-order valence-electron chi connectivity index (χ2n) is 4.96. The fourth-order valence-electron chi connectivity index (χ4n) is 0.777. The third-order valence-electron chi connectivity index (χ3n) is 2.14. The number of guanidine groups is 1. The van der Waals surface area contributed by atoms with Crippen molar-refractivity contribution < 1.29 is 0 Å². The minimum Gasteiger partial charge on any atom is -0.353 e. The summed E-state index contributed by atoms with van der Waals surface area (Å²) in [5.41, 5.74) is 2.73. The van der Waals surface area contributed by atoms with Crippen molar-refractivity contribution >= 4 is 5.96 Å². The lowest BCUT2D eigenvalue weighted by atomic mass is 9.88. The Hall–Kier alpha value is -0.770. The van der Waals surface area contributed by atoms with Crippen LogP contribution in [0.15, 0.2) is 4.99 Å². The van der Waals surface area contributed by atoms with E-state index in [1.807, 2.05) is 0 Å². The third kappa shape index (κ3) is 5.07. The van der Waals surface area contributed by atoms with Crippen molar-refractivity contribution in [1.29, 1.82) is 0 Å². The van der Waals surface area contributed by atoms with Gasteiger partial charge in [0.2, 0.25) is 5.96 Å². The summed E-state index contributed by atoms with van der Waals surface area (Å²) in [4.78, 5) is 4.48. The number of rotatable bonds is 2. The molecule has 0 saturated heterocycles. The van der Waals surface area contributed by atoms with Gasteiger partial charge in [0.25, 0.3) is 0 Å². The van der Waals surface area contributed by atoms with E-state index in [0.29, 0.717) is 12.0 Å². The molecule has 0 spiro atoms. The average molecular weight is 200 g/mol. The first-order valence-corrected chi connectivity index (χ1v) is 5.08. The van der Waals surface area contributed by atoms with Crippen molar-refractivity contribution in [1.82, 2.24) is 10.7 Å². The van der Waals surface area contributed by atoms with Gasteiger partial charge in [0, 0.05) is 6.04 Å². The normalized spacial score (nSPS) is 15.6. The van der Waals surface area contributed by atoms with E-state index in [4.69, 9.17) is 5.84 Å². The maximum Gasteiger partial charge on any atom is 0.206 e. The zero-order chi connectivity index (χ0) is 11.4. The Morgan fingerprint density at radius 1 is 1.21 bits per heavy atom. The molecule has 0 aromatic rings. The lowest BCUT2D eigenvalue weighted by Gasteiger charge is -2.25. The molecule has 4 N–H and O–H groups in total. The van der Waals surface area contributed by atoms with Gasteiger partial charge in [-0.15, -0.1) is 0 Å². The number of nitrogens with zero attached hydrogens (tertiary/aromatic N) is 1. The maximum absolute atomic E-state index is 5.37. The van der Waals surface area contributed by atoms with Gasteiger partial charge in [-0.1, -0.05) is 20.8 Å². The highest BCUT2D eigenvalue weighted by molar-refractivity contribution is 5.79. The fraction of sp³-hybridized carbons (Fsp3) is 0.900. The lowest BCUT2D eigenvalue weighted by Crippen LogP contribution is -2.45. The van der Waals surface area contributed by atoms with Gasteiger partial charge in [0.05, 0.1) is 6.04 Å². The molecule has 0 radical (unpaired) electrons. The second-order valence-corrected chi connectivity index (χ2v) is 4.96. The van der Waals surface area contributed by atoms with E-state index < -0.39 is 0 Å². The van der Waals surface area contributed by atoms with Crippen LogP contribution in [-0.4, -0.2) is 18.0 Å². The van der Waals surface area contributed by atoms with Crippen molar-refractivity contribution in [2.75, 3.05) is 0 Å². The Balaban J connectivity index is 4.43. The van der Waals surface area contributed by atoms with Gasteiger partial charge in [-0.25, -0.2) is 10.8 Å². The molecule has 0 rings (SSSR count). The quantitative estimate of drug-likeness (QED) is 0.272. The predicted molar refractivity (Wildman–Crippen MR) is 61.9 cm³/mol. The number of hydrogen-bond donors (Lipinski definition) is 3. The SMILES string of the molecule is CC(C)NC(=NC(C)C(C)(C)C)NN. The molecule has 1 unspecified atom stereocenters. The Labute approximate surface area is 87.3 Å². The zero-order valence-electron chi connectivity index (χ0n) is 10.2. The maximum atomic E-state index is 5.37. The van der Waals surface area contributed by atoms with Gasteiger partial charge in [-0.2, -0.15) is 0 Å². The van der Waals surface area contributed by atoms with Crippen molar-refractivity contribution in [3.63, 3.8) is 0 Å². The number of aliphatic imine (C=N–C) groups is 1. The van der Waals surface area contributed by atoms with E-state index >= 15 is 0 Å². The van der Waals surface area contributed by atoms with E-state index in [2.05, 4.69) is 57.3 Å². The van der Waals surface area contributed by atoms with Crippen LogP contribution in [0, 0.1) is 5.41 Å². The summed E-state index contributed by atoms with van der Waals surface area (Å²) >= 11 is 0. The molecule has 0 aliphatic rings. The molecule has 0 aromatic carbocycles. The molecule has 0 amide bonds. The minimum atomic E-state index is 0.154. The molecule has 1 atom stereocenters. The first-order valence-electron chi connectivity index (χ1n) is 5.08. The van der Waals surface area contributed by atoms with Gasteiger partial charge >= 0.3 is 0 Å². The van der Waals surface area contributed by atoms with E-state index in [9.17, 15) is 0 Å². The topological polar surface area (TPSA) is 62.4 Å². The van der Waals surface area contributed by atoms with Crippen LogP contribution in [0.4, 0.5) is 0 Å². The van der Waals surface area contributed by atoms with Crippen LogP contribution < -0.4 is 16.6 Å². The summed E-state index contributed by atoms with van der Waals surface area (Å²) in [7, 11) is 0. The molecule has 14 heavy (non-hydrogen) atoms. The van der Waals surface area contributed by atoms with E-state index in [1.165, 1.54) is 0 Å². The summed E-state index contributed by atoms with van der Waals surface area (Å²) in [6.07, 6.45) is 0. The first kappa shape index (κ1) is 13.2. The number of hydrazine groups is 1. The predicted octanol–water partition coefficient (Wildman–Crippen LogP) is 1.24. The van der Waals surface area contributed by atoms with Crippen molar-refractivity contribution in [3.8, 4) is 0 Å². The van der Waals surface area contributed by atoms with Crippen LogP contribution in [0.1, 0.15) is 41.5 Å². The van der Waals surface area contributed by atoms with Gasteiger partial charge in [0.15, 0.2) is 0 Å². The van der Waals surface area contributed by atoms with E-state index in [1.54, 1.807) is 0 Å². The van der Waals surface area contributed by atoms with Crippen molar-refractivity contribution in [2.45, 2.75) is 53.6 Å². The zero-order valence-corrected chi connectivity index (χ0v) is 10.2. The lowest BCUT2D eigenvalue weighted by molar-refractivity contribution is 0.340. The van der Waals surface area contributed by atoms with Crippen LogP contribution in [0.3, 0.4) is 0 Å². The molecule has 4 heteroatoms. The number of nitrogens with one attached hydrogen (secondary N) is 2. The number of hydrogen-bond acceptors (Lipinski definition) is 2. The Morgan fingerprint density at radius 3 is 2.00 bits per heavy atom. The molecule has 0 saturated carbocycles. The first-order chi connectivity index (χ1) is 6.27. The van der Waals surface area contributed by atoms with Crippen molar-refractivity contribution in [3.05, 3.63) is 0 Å². The van der Waals surface area contributed by atoms with Gasteiger partial charge < -0.3 is 5.32 Å². The largest absolute Gasteiger partial charge is 0.353 e. The molecular weight excluding hydrogens is 176 g/mol. The Bertz CT molecular complexity index is 191.